The van der Waals surface area contributed by atoms with Crippen molar-refractivity contribution in [3.8, 4) is 0 Å². The molecule has 0 aliphatic rings. The second-order valence-electron chi connectivity index (χ2n) is 3.35. The summed E-state index contributed by atoms with van der Waals surface area (Å²) in [7, 11) is 0. The molecule has 2 nitrogen and oxygen atoms in total. The Bertz CT molecular complexity index is 460. The first kappa shape index (κ1) is 15.3. The molecule has 0 spiro atoms. The molecule has 88 valence electrons. The SMILES string of the molecule is O=C(OCc1ccccc1)c1cc[c-]cc1.[Zn+][I]. The summed E-state index contributed by atoms with van der Waals surface area (Å²) in [6.45, 7) is 0.304. The molecule has 0 radical (unpaired) electrons. The van der Waals surface area contributed by atoms with E-state index in [9.17, 15) is 4.79 Å². The van der Waals surface area contributed by atoms with E-state index in [0.717, 1.165) is 5.56 Å². The number of ether oxygens (including phenoxy) is 1. The van der Waals surface area contributed by atoms with E-state index in [1.807, 2.05) is 30.3 Å². The van der Waals surface area contributed by atoms with Crippen molar-refractivity contribution in [2.75, 3.05) is 0 Å². The van der Waals surface area contributed by atoms with Crippen molar-refractivity contribution in [3.05, 3.63) is 71.8 Å². The Morgan fingerprint density at radius 2 is 1.72 bits per heavy atom. The Labute approximate surface area is 128 Å². The van der Waals surface area contributed by atoms with Crippen LogP contribution in [-0.2, 0) is 26.1 Å². The standard InChI is InChI=1S/C14H11O2.HI.Zn/c15-14(13-9-5-2-6-10-13)16-11-12-7-3-1-4-8-12;;/h1,3-10H,11H2;1H;/q-1;;+2/p-1. The monoisotopic (exact) mass is 402 g/mol. The van der Waals surface area contributed by atoms with Crippen molar-refractivity contribution in [2.24, 2.45) is 0 Å². The van der Waals surface area contributed by atoms with Crippen LogP contribution < -0.4 is 0 Å². The summed E-state index contributed by atoms with van der Waals surface area (Å²) in [5.41, 5.74) is 1.54. The Morgan fingerprint density at radius 1 is 1.11 bits per heavy atom. The van der Waals surface area contributed by atoms with Crippen LogP contribution in [0.25, 0.3) is 0 Å². The number of rotatable bonds is 3. The number of hydrogen-bond donors (Lipinski definition) is 0. The summed E-state index contributed by atoms with van der Waals surface area (Å²) in [5.74, 6) is -0.308. The maximum atomic E-state index is 11.6. The first-order valence-corrected chi connectivity index (χ1v) is 14.3. The average molecular weight is 404 g/mol. The summed E-state index contributed by atoms with van der Waals surface area (Å²) in [6.07, 6.45) is 0. The van der Waals surface area contributed by atoms with E-state index in [4.69, 9.17) is 4.74 Å². The summed E-state index contributed by atoms with van der Waals surface area (Å²) in [5, 5.41) is 0. The van der Waals surface area contributed by atoms with Gasteiger partial charge in [-0.25, -0.2) is 4.79 Å². The molecule has 2 aromatic carbocycles. The van der Waals surface area contributed by atoms with Crippen LogP contribution in [0, 0.1) is 6.07 Å². The fourth-order valence-electron chi connectivity index (χ4n) is 1.33. The third-order valence-corrected chi connectivity index (χ3v) is 2.17. The zero-order valence-electron chi connectivity index (χ0n) is 9.80. The van der Waals surface area contributed by atoms with E-state index in [0.29, 0.717) is 12.2 Å². The van der Waals surface area contributed by atoms with Gasteiger partial charge in [-0.05, 0) is 11.1 Å². The molecule has 0 aliphatic heterocycles. The topological polar surface area (TPSA) is 26.3 Å². The van der Waals surface area contributed by atoms with Crippen molar-refractivity contribution >= 4 is 25.7 Å². The van der Waals surface area contributed by atoms with Crippen molar-refractivity contribution < 1.29 is 24.3 Å². The zero-order chi connectivity index (χ0) is 13.2. The van der Waals surface area contributed by atoms with Crippen LogP contribution in [-0.4, -0.2) is 5.97 Å². The van der Waals surface area contributed by atoms with Gasteiger partial charge in [0.05, 0.1) is 0 Å². The minimum atomic E-state index is -0.308. The fourth-order valence-corrected chi connectivity index (χ4v) is 1.33. The van der Waals surface area contributed by atoms with Crippen molar-refractivity contribution in [1.82, 2.24) is 0 Å². The molecule has 0 atom stereocenters. The molecule has 0 amide bonds. The zero-order valence-corrected chi connectivity index (χ0v) is 14.9. The van der Waals surface area contributed by atoms with Crippen LogP contribution >= 0.6 is 19.8 Å². The van der Waals surface area contributed by atoms with E-state index in [-0.39, 0.29) is 5.97 Å². The molecule has 0 unspecified atom stereocenters. The number of hydrogen-bond acceptors (Lipinski definition) is 2. The van der Waals surface area contributed by atoms with E-state index < -0.39 is 0 Å². The van der Waals surface area contributed by atoms with Gasteiger partial charge in [0.2, 0.25) is 0 Å². The normalized spacial score (nSPS) is 9.06. The third-order valence-electron chi connectivity index (χ3n) is 2.17. The molecule has 0 fully saturated rings. The van der Waals surface area contributed by atoms with Crippen LogP contribution in [0.2, 0.25) is 0 Å². The molecule has 0 aliphatic carbocycles. The molecule has 2 aromatic rings. The van der Waals surface area contributed by atoms with Gasteiger partial charge >= 0.3 is 40.5 Å². The van der Waals surface area contributed by atoms with Crippen LogP contribution in [0.15, 0.2) is 54.6 Å². The van der Waals surface area contributed by atoms with Crippen LogP contribution in [0.1, 0.15) is 15.9 Å². The van der Waals surface area contributed by atoms with Gasteiger partial charge in [0.25, 0.3) is 0 Å². The summed E-state index contributed by atoms with van der Waals surface area (Å²) in [6, 6.07) is 19.2. The molecule has 18 heavy (non-hydrogen) atoms. The van der Waals surface area contributed by atoms with Gasteiger partial charge in [0, 0.05) is 0 Å². The Kier molecular flexibility index (Phi) is 7.85. The predicted molar refractivity (Wildman–Crippen MR) is 74.9 cm³/mol. The summed E-state index contributed by atoms with van der Waals surface area (Å²) < 4.78 is 5.16. The van der Waals surface area contributed by atoms with Gasteiger partial charge < -0.3 is 4.74 Å². The van der Waals surface area contributed by atoms with E-state index in [2.05, 4.69) is 25.8 Å². The first-order chi connectivity index (χ1) is 8.86. The molecule has 0 saturated heterocycles. The number of carbonyl (C=O) groups is 1. The molecular formula is C14H11IO2Zn. The fraction of sp³-hybridized carbons (Fsp3) is 0.0714. The molecular weight excluding hydrogens is 392 g/mol. The van der Waals surface area contributed by atoms with E-state index in [1.54, 1.807) is 24.3 Å². The van der Waals surface area contributed by atoms with Gasteiger partial charge in [-0.1, -0.05) is 30.3 Å². The molecule has 0 saturated carbocycles. The second-order valence-corrected chi connectivity index (χ2v) is 3.35. The van der Waals surface area contributed by atoms with Crippen LogP contribution in [0.5, 0.6) is 0 Å². The minimum absolute atomic E-state index is 0.304. The van der Waals surface area contributed by atoms with Crippen molar-refractivity contribution in [2.45, 2.75) is 6.61 Å². The van der Waals surface area contributed by atoms with Crippen LogP contribution in [0.4, 0.5) is 0 Å². The van der Waals surface area contributed by atoms with Gasteiger partial charge in [-0.3, -0.25) is 0 Å². The Morgan fingerprint density at radius 3 is 2.33 bits per heavy atom. The predicted octanol–water partition coefficient (Wildman–Crippen LogP) is 3.73. The molecule has 2 rings (SSSR count). The Balaban J connectivity index is 0.000000771. The van der Waals surface area contributed by atoms with E-state index >= 15 is 0 Å². The molecule has 0 heterocycles. The molecule has 0 aromatic heterocycles. The summed E-state index contributed by atoms with van der Waals surface area (Å²) in [4.78, 5) is 11.6. The molecule has 0 N–H and O–H groups in total. The van der Waals surface area contributed by atoms with E-state index in [1.165, 1.54) is 14.8 Å². The number of halogens is 1. The Hall–Kier alpha value is -0.737. The quantitative estimate of drug-likeness (QED) is 0.338. The maximum absolute atomic E-state index is 11.6. The van der Waals surface area contributed by atoms with Gasteiger partial charge in [-0.15, -0.1) is 0 Å². The van der Waals surface area contributed by atoms with Crippen molar-refractivity contribution in [3.63, 3.8) is 0 Å². The first-order valence-electron chi connectivity index (χ1n) is 5.30. The summed E-state index contributed by atoms with van der Waals surface area (Å²) >= 11 is 3.62. The van der Waals surface area contributed by atoms with Gasteiger partial charge in [-0.2, -0.15) is 30.3 Å². The van der Waals surface area contributed by atoms with Crippen LogP contribution in [0.3, 0.4) is 0 Å². The van der Waals surface area contributed by atoms with Gasteiger partial charge in [0.15, 0.2) is 0 Å². The number of carbonyl (C=O) groups excluding carboxylic acids is 1. The molecule has 4 heteroatoms. The second kappa shape index (κ2) is 9.23. The number of benzene rings is 2. The van der Waals surface area contributed by atoms with Crippen molar-refractivity contribution in [1.29, 1.82) is 0 Å². The van der Waals surface area contributed by atoms with Gasteiger partial charge in [0.1, 0.15) is 6.61 Å². The third kappa shape index (κ3) is 5.27. The molecule has 0 bridgehead atoms. The number of esters is 1. The average Bonchev–Trinajstić information content (AvgIpc) is 2.49.